The number of alkyl halides is 3. The molecule has 6 nitrogen and oxygen atoms in total. The molecule has 0 atom stereocenters. The van der Waals surface area contributed by atoms with Crippen LogP contribution in [0.4, 0.5) is 18.9 Å². The van der Waals surface area contributed by atoms with Crippen molar-refractivity contribution in [1.82, 2.24) is 10.3 Å². The zero-order chi connectivity index (χ0) is 15.9. The van der Waals surface area contributed by atoms with Gasteiger partial charge < -0.3 is 20.1 Å². The van der Waals surface area contributed by atoms with Gasteiger partial charge in [-0.3, -0.25) is 0 Å². The molecule has 2 rings (SSSR count). The monoisotopic (exact) mass is 307 g/mol. The van der Waals surface area contributed by atoms with Crippen LogP contribution in [0.15, 0.2) is 18.3 Å². The molecule has 1 aromatic rings. The van der Waals surface area contributed by atoms with Crippen LogP contribution < -0.4 is 15.0 Å². The molecule has 0 aromatic carbocycles. The third kappa shape index (κ3) is 5.46. The molecular formula is C12H16F3N3O3. The van der Waals surface area contributed by atoms with Crippen molar-refractivity contribution >= 4 is 11.7 Å². The second-order valence-corrected chi connectivity index (χ2v) is 4.07. The van der Waals surface area contributed by atoms with Gasteiger partial charge in [-0.2, -0.15) is 13.2 Å². The molecule has 0 radical (unpaired) electrons. The van der Waals surface area contributed by atoms with E-state index in [2.05, 4.69) is 21.3 Å². The molecule has 2 N–H and O–H groups in total. The number of hydrogen-bond acceptors (Lipinski definition) is 5. The highest BCUT2D eigenvalue weighted by Gasteiger charge is 2.38. The number of anilines is 1. The van der Waals surface area contributed by atoms with Gasteiger partial charge in [0.25, 0.3) is 0 Å². The van der Waals surface area contributed by atoms with Gasteiger partial charge in [-0.1, -0.05) is 0 Å². The fourth-order valence-corrected chi connectivity index (χ4v) is 1.69. The SMILES string of the molecule is COc1ncccc1N1CCNCC1.O=C(O)C(F)(F)F. The summed E-state index contributed by atoms with van der Waals surface area (Å²) in [7, 11) is 1.66. The van der Waals surface area contributed by atoms with Crippen LogP contribution in [0.5, 0.6) is 5.88 Å². The number of halogens is 3. The maximum atomic E-state index is 10.6. The Morgan fingerprint density at radius 2 is 2.00 bits per heavy atom. The standard InChI is InChI=1S/C10H15N3O.C2HF3O2/c1-14-10-9(3-2-4-12-10)13-7-5-11-6-8-13;3-2(4,5)1(6)7/h2-4,11H,5-8H2,1H3;(H,6,7). The number of nitrogens with zero attached hydrogens (tertiary/aromatic N) is 2. The number of aromatic nitrogens is 1. The molecule has 1 aliphatic heterocycles. The summed E-state index contributed by atoms with van der Waals surface area (Å²) in [5.74, 6) is -2.04. The molecule has 118 valence electrons. The number of piperazine rings is 1. The largest absolute Gasteiger partial charge is 0.490 e. The van der Waals surface area contributed by atoms with Crippen molar-refractivity contribution in [3.63, 3.8) is 0 Å². The molecule has 21 heavy (non-hydrogen) atoms. The number of pyridine rings is 1. The van der Waals surface area contributed by atoms with E-state index in [1.54, 1.807) is 13.3 Å². The molecule has 1 fully saturated rings. The van der Waals surface area contributed by atoms with E-state index in [0.29, 0.717) is 0 Å². The van der Waals surface area contributed by atoms with Crippen LogP contribution in [0, 0.1) is 0 Å². The lowest BCUT2D eigenvalue weighted by Crippen LogP contribution is -2.43. The van der Waals surface area contributed by atoms with E-state index in [0.717, 1.165) is 37.7 Å². The zero-order valence-corrected chi connectivity index (χ0v) is 11.4. The minimum absolute atomic E-state index is 0.717. The number of methoxy groups -OCH3 is 1. The quantitative estimate of drug-likeness (QED) is 0.853. The van der Waals surface area contributed by atoms with E-state index in [1.807, 2.05) is 6.07 Å². The molecule has 1 aliphatic rings. The highest BCUT2D eigenvalue weighted by atomic mass is 19.4. The molecule has 0 amide bonds. The lowest BCUT2D eigenvalue weighted by atomic mass is 10.3. The minimum Gasteiger partial charge on any atom is -0.480 e. The van der Waals surface area contributed by atoms with E-state index in [9.17, 15) is 13.2 Å². The summed E-state index contributed by atoms with van der Waals surface area (Å²) in [6.07, 6.45) is -3.33. The summed E-state index contributed by atoms with van der Waals surface area (Å²) in [5, 5.41) is 10.4. The fourth-order valence-electron chi connectivity index (χ4n) is 1.69. The number of hydrogen-bond donors (Lipinski definition) is 2. The van der Waals surface area contributed by atoms with Gasteiger partial charge in [-0.05, 0) is 12.1 Å². The van der Waals surface area contributed by atoms with Gasteiger partial charge in [0.2, 0.25) is 5.88 Å². The highest BCUT2D eigenvalue weighted by Crippen LogP contribution is 2.24. The molecule has 0 saturated carbocycles. The maximum absolute atomic E-state index is 10.6. The van der Waals surface area contributed by atoms with Crippen molar-refractivity contribution in [3.8, 4) is 5.88 Å². The third-order valence-electron chi connectivity index (χ3n) is 2.64. The van der Waals surface area contributed by atoms with E-state index >= 15 is 0 Å². The second-order valence-electron chi connectivity index (χ2n) is 4.07. The predicted molar refractivity (Wildman–Crippen MR) is 69.6 cm³/mol. The van der Waals surface area contributed by atoms with Crippen LogP contribution in [-0.2, 0) is 4.79 Å². The highest BCUT2D eigenvalue weighted by molar-refractivity contribution is 5.73. The van der Waals surface area contributed by atoms with Crippen molar-refractivity contribution < 1.29 is 27.8 Å². The molecule has 2 heterocycles. The lowest BCUT2D eigenvalue weighted by Gasteiger charge is -2.29. The van der Waals surface area contributed by atoms with Crippen molar-refractivity contribution in [1.29, 1.82) is 0 Å². The molecule has 0 spiro atoms. The number of nitrogens with one attached hydrogen (secondary N) is 1. The molecule has 0 unspecified atom stereocenters. The zero-order valence-electron chi connectivity index (χ0n) is 11.4. The normalized spacial score (nSPS) is 15.0. The molecule has 1 aromatic heterocycles. The minimum atomic E-state index is -5.08. The number of aliphatic carboxylic acids is 1. The van der Waals surface area contributed by atoms with Crippen molar-refractivity contribution in [2.24, 2.45) is 0 Å². The van der Waals surface area contributed by atoms with Crippen molar-refractivity contribution in [2.45, 2.75) is 6.18 Å². The van der Waals surface area contributed by atoms with Crippen LogP contribution in [0.2, 0.25) is 0 Å². The Balaban J connectivity index is 0.000000270. The average molecular weight is 307 g/mol. The third-order valence-corrected chi connectivity index (χ3v) is 2.64. The summed E-state index contributed by atoms with van der Waals surface area (Å²) in [6, 6.07) is 4.00. The molecule has 0 bridgehead atoms. The lowest BCUT2D eigenvalue weighted by molar-refractivity contribution is -0.192. The Kier molecular flexibility index (Phi) is 6.22. The van der Waals surface area contributed by atoms with E-state index < -0.39 is 12.1 Å². The van der Waals surface area contributed by atoms with Crippen LogP contribution >= 0.6 is 0 Å². The summed E-state index contributed by atoms with van der Waals surface area (Å²) < 4.78 is 37.0. The molecule has 0 aliphatic carbocycles. The maximum Gasteiger partial charge on any atom is 0.490 e. The van der Waals surface area contributed by atoms with Gasteiger partial charge in [-0.15, -0.1) is 0 Å². The summed E-state index contributed by atoms with van der Waals surface area (Å²) in [4.78, 5) is 15.4. The Hall–Kier alpha value is -2.03. The fraction of sp³-hybridized carbons (Fsp3) is 0.500. The summed E-state index contributed by atoms with van der Waals surface area (Å²) >= 11 is 0. The number of carboxylic acid groups (broad SMARTS) is 1. The first-order chi connectivity index (χ1) is 9.86. The van der Waals surface area contributed by atoms with Crippen molar-refractivity contribution in [2.75, 3.05) is 38.2 Å². The first-order valence-electron chi connectivity index (χ1n) is 6.11. The van der Waals surface area contributed by atoms with Gasteiger partial charge in [0, 0.05) is 32.4 Å². The summed E-state index contributed by atoms with van der Waals surface area (Å²) in [6.45, 7) is 4.08. The first-order valence-corrected chi connectivity index (χ1v) is 6.11. The number of carboxylic acids is 1. The predicted octanol–water partition coefficient (Wildman–Crippen LogP) is 1.13. The molecular weight excluding hydrogens is 291 g/mol. The number of carbonyl (C=O) groups is 1. The molecule has 9 heteroatoms. The molecule has 1 saturated heterocycles. The number of rotatable bonds is 2. The Bertz CT molecular complexity index is 463. The van der Waals surface area contributed by atoms with Gasteiger partial charge in [0.15, 0.2) is 0 Å². The van der Waals surface area contributed by atoms with E-state index in [1.165, 1.54) is 0 Å². The van der Waals surface area contributed by atoms with Crippen LogP contribution in [0.25, 0.3) is 0 Å². The average Bonchev–Trinajstić information content (AvgIpc) is 2.48. The Morgan fingerprint density at radius 1 is 1.43 bits per heavy atom. The Labute approximate surface area is 119 Å². The van der Waals surface area contributed by atoms with E-state index in [4.69, 9.17) is 14.6 Å². The van der Waals surface area contributed by atoms with Crippen LogP contribution in [0.1, 0.15) is 0 Å². The van der Waals surface area contributed by atoms with Crippen molar-refractivity contribution in [3.05, 3.63) is 18.3 Å². The number of ether oxygens (including phenoxy) is 1. The second kappa shape index (κ2) is 7.67. The topological polar surface area (TPSA) is 74.7 Å². The van der Waals surface area contributed by atoms with E-state index in [-0.39, 0.29) is 0 Å². The summed E-state index contributed by atoms with van der Waals surface area (Å²) in [5.41, 5.74) is 1.09. The van der Waals surface area contributed by atoms with Crippen LogP contribution in [-0.4, -0.2) is 55.5 Å². The first kappa shape index (κ1) is 17.0. The smallest absolute Gasteiger partial charge is 0.480 e. The van der Waals surface area contributed by atoms with Crippen LogP contribution in [0.3, 0.4) is 0 Å². The van der Waals surface area contributed by atoms with Gasteiger partial charge >= 0.3 is 12.1 Å². The van der Waals surface area contributed by atoms with Gasteiger partial charge in [0.05, 0.1) is 12.8 Å². The van der Waals surface area contributed by atoms with Gasteiger partial charge in [-0.25, -0.2) is 9.78 Å². The Morgan fingerprint density at radius 3 is 2.48 bits per heavy atom. The van der Waals surface area contributed by atoms with Gasteiger partial charge in [0.1, 0.15) is 0 Å².